The van der Waals surface area contributed by atoms with Crippen molar-refractivity contribution in [2.24, 2.45) is 0 Å². The van der Waals surface area contributed by atoms with Crippen LogP contribution in [0.25, 0.3) is 0 Å². The Bertz CT molecular complexity index is 514. The number of methoxy groups -OCH3 is 1. The molecule has 0 heterocycles. The quantitative estimate of drug-likeness (QED) is 0.716. The van der Waals surface area contributed by atoms with Gasteiger partial charge in [-0.05, 0) is 36.2 Å². The molecule has 0 radical (unpaired) electrons. The molecule has 0 unspecified atom stereocenters. The molecule has 1 N–H and O–H groups in total. The molecule has 3 heteroatoms. The largest absolute Gasteiger partial charge is 0.489 e. The molecule has 0 atom stereocenters. The first kappa shape index (κ1) is 15.5. The molecule has 112 valence electrons. The molecule has 0 aliphatic rings. The van der Waals surface area contributed by atoms with Gasteiger partial charge in [0.1, 0.15) is 12.4 Å². The predicted octanol–water partition coefficient (Wildman–Crippen LogP) is 3.39. The number of rotatable bonds is 9. The Morgan fingerprint density at radius 2 is 1.76 bits per heavy atom. The topological polar surface area (TPSA) is 30.5 Å². The standard InChI is InChI=1S/C18H23NO2/c1-20-12-6-11-19-14-17-9-5-10-18(13-17)21-15-16-7-3-2-4-8-16/h2-5,7-10,13,19H,6,11-12,14-15H2,1H3. The predicted molar refractivity (Wildman–Crippen MR) is 85.4 cm³/mol. The van der Waals surface area contributed by atoms with Crippen LogP contribution >= 0.6 is 0 Å². The lowest BCUT2D eigenvalue weighted by Gasteiger charge is -2.09. The summed E-state index contributed by atoms with van der Waals surface area (Å²) in [5.74, 6) is 0.912. The summed E-state index contributed by atoms with van der Waals surface area (Å²) in [6.45, 7) is 3.22. The van der Waals surface area contributed by atoms with Crippen molar-refractivity contribution in [3.8, 4) is 5.75 Å². The summed E-state index contributed by atoms with van der Waals surface area (Å²) in [5.41, 5.74) is 2.42. The Labute approximate surface area is 126 Å². The van der Waals surface area contributed by atoms with E-state index < -0.39 is 0 Å². The lowest BCUT2D eigenvalue weighted by Crippen LogP contribution is -2.16. The van der Waals surface area contributed by atoms with Gasteiger partial charge in [0.15, 0.2) is 0 Å². The maximum absolute atomic E-state index is 5.83. The average molecular weight is 285 g/mol. The van der Waals surface area contributed by atoms with Crippen LogP contribution in [0.1, 0.15) is 17.5 Å². The zero-order chi connectivity index (χ0) is 14.8. The summed E-state index contributed by atoms with van der Waals surface area (Å²) >= 11 is 0. The van der Waals surface area contributed by atoms with Crippen LogP contribution in [0.15, 0.2) is 54.6 Å². The molecule has 21 heavy (non-hydrogen) atoms. The highest BCUT2D eigenvalue weighted by atomic mass is 16.5. The highest BCUT2D eigenvalue weighted by Gasteiger charge is 1.98. The molecule has 2 rings (SSSR count). The number of nitrogens with one attached hydrogen (secondary N) is 1. The zero-order valence-corrected chi connectivity index (χ0v) is 12.5. The van der Waals surface area contributed by atoms with Crippen LogP contribution in [0.5, 0.6) is 5.75 Å². The average Bonchev–Trinajstić information content (AvgIpc) is 2.54. The smallest absolute Gasteiger partial charge is 0.120 e. The first-order chi connectivity index (χ1) is 10.4. The highest BCUT2D eigenvalue weighted by Crippen LogP contribution is 2.15. The number of benzene rings is 2. The van der Waals surface area contributed by atoms with E-state index in [-0.39, 0.29) is 0 Å². The third-order valence-corrected chi connectivity index (χ3v) is 3.18. The van der Waals surface area contributed by atoms with E-state index in [9.17, 15) is 0 Å². The van der Waals surface area contributed by atoms with E-state index in [1.807, 2.05) is 30.3 Å². The van der Waals surface area contributed by atoms with Crippen LogP contribution in [-0.2, 0) is 17.9 Å². The Morgan fingerprint density at radius 3 is 2.57 bits per heavy atom. The normalized spacial score (nSPS) is 10.5. The maximum atomic E-state index is 5.83. The minimum absolute atomic E-state index is 0.603. The van der Waals surface area contributed by atoms with Crippen LogP contribution in [-0.4, -0.2) is 20.3 Å². The lowest BCUT2D eigenvalue weighted by molar-refractivity contribution is 0.194. The summed E-state index contributed by atoms with van der Waals surface area (Å²) in [6.07, 6.45) is 1.03. The molecule has 0 spiro atoms. The van der Waals surface area contributed by atoms with E-state index in [2.05, 4.69) is 29.6 Å². The summed E-state index contributed by atoms with van der Waals surface area (Å²) in [7, 11) is 1.73. The summed E-state index contributed by atoms with van der Waals surface area (Å²) in [4.78, 5) is 0. The second-order valence-corrected chi connectivity index (χ2v) is 4.94. The van der Waals surface area contributed by atoms with Crippen LogP contribution < -0.4 is 10.1 Å². The minimum Gasteiger partial charge on any atom is -0.489 e. The molecule has 0 aliphatic heterocycles. The van der Waals surface area contributed by atoms with E-state index in [0.717, 1.165) is 31.9 Å². The summed E-state index contributed by atoms with van der Waals surface area (Å²) in [6, 6.07) is 18.4. The molecular formula is C18H23NO2. The fourth-order valence-corrected chi connectivity index (χ4v) is 2.06. The van der Waals surface area contributed by atoms with E-state index in [4.69, 9.17) is 9.47 Å². The van der Waals surface area contributed by atoms with Crippen LogP contribution in [0.3, 0.4) is 0 Å². The molecule has 0 fully saturated rings. The zero-order valence-electron chi connectivity index (χ0n) is 12.5. The van der Waals surface area contributed by atoms with Gasteiger partial charge in [-0.25, -0.2) is 0 Å². The van der Waals surface area contributed by atoms with Crippen molar-refractivity contribution >= 4 is 0 Å². The molecule has 0 aliphatic carbocycles. The molecule has 0 aromatic heterocycles. The van der Waals surface area contributed by atoms with Crippen LogP contribution in [0, 0.1) is 0 Å². The van der Waals surface area contributed by atoms with Gasteiger partial charge >= 0.3 is 0 Å². The molecule has 0 amide bonds. The lowest BCUT2D eigenvalue weighted by atomic mass is 10.2. The Morgan fingerprint density at radius 1 is 0.952 bits per heavy atom. The molecule has 2 aromatic rings. The SMILES string of the molecule is COCCCNCc1cccc(OCc2ccccc2)c1. The second kappa shape index (κ2) is 9.16. The van der Waals surface area contributed by atoms with E-state index in [1.165, 1.54) is 11.1 Å². The Balaban J connectivity index is 1.77. The fourth-order valence-electron chi connectivity index (χ4n) is 2.06. The van der Waals surface area contributed by atoms with Crippen molar-refractivity contribution in [1.29, 1.82) is 0 Å². The molecule has 3 nitrogen and oxygen atoms in total. The van der Waals surface area contributed by atoms with Gasteiger partial charge in [0.05, 0.1) is 0 Å². The van der Waals surface area contributed by atoms with Crippen molar-refractivity contribution in [2.75, 3.05) is 20.3 Å². The van der Waals surface area contributed by atoms with Crippen molar-refractivity contribution < 1.29 is 9.47 Å². The van der Waals surface area contributed by atoms with Gasteiger partial charge in [-0.15, -0.1) is 0 Å². The van der Waals surface area contributed by atoms with Crippen molar-refractivity contribution in [1.82, 2.24) is 5.32 Å². The first-order valence-electron chi connectivity index (χ1n) is 7.34. The summed E-state index contributed by atoms with van der Waals surface area (Å²) in [5, 5.41) is 3.40. The van der Waals surface area contributed by atoms with Gasteiger partial charge in [-0.3, -0.25) is 0 Å². The van der Waals surface area contributed by atoms with Gasteiger partial charge < -0.3 is 14.8 Å². The second-order valence-electron chi connectivity index (χ2n) is 4.94. The van der Waals surface area contributed by atoms with E-state index in [1.54, 1.807) is 7.11 Å². The molecule has 0 bridgehead atoms. The minimum atomic E-state index is 0.603. The van der Waals surface area contributed by atoms with Crippen molar-refractivity contribution in [3.05, 3.63) is 65.7 Å². The van der Waals surface area contributed by atoms with Gasteiger partial charge in [-0.1, -0.05) is 42.5 Å². The fraction of sp³-hybridized carbons (Fsp3) is 0.333. The highest BCUT2D eigenvalue weighted by molar-refractivity contribution is 5.29. The molecule has 0 saturated heterocycles. The van der Waals surface area contributed by atoms with Crippen LogP contribution in [0.2, 0.25) is 0 Å². The number of ether oxygens (including phenoxy) is 2. The third-order valence-electron chi connectivity index (χ3n) is 3.18. The van der Waals surface area contributed by atoms with Crippen LogP contribution in [0.4, 0.5) is 0 Å². The van der Waals surface area contributed by atoms with Gasteiger partial charge in [-0.2, -0.15) is 0 Å². The Hall–Kier alpha value is -1.84. The number of hydrogen-bond donors (Lipinski definition) is 1. The molecule has 2 aromatic carbocycles. The molecule has 0 saturated carbocycles. The first-order valence-corrected chi connectivity index (χ1v) is 7.34. The third kappa shape index (κ3) is 5.98. The van der Waals surface area contributed by atoms with Crippen molar-refractivity contribution in [2.45, 2.75) is 19.6 Å². The Kier molecular flexibility index (Phi) is 6.78. The molecular weight excluding hydrogens is 262 g/mol. The van der Waals surface area contributed by atoms with E-state index >= 15 is 0 Å². The van der Waals surface area contributed by atoms with E-state index in [0.29, 0.717) is 6.61 Å². The number of hydrogen-bond acceptors (Lipinski definition) is 3. The summed E-state index contributed by atoms with van der Waals surface area (Å²) < 4.78 is 10.9. The maximum Gasteiger partial charge on any atom is 0.120 e. The van der Waals surface area contributed by atoms with Gasteiger partial charge in [0, 0.05) is 20.3 Å². The van der Waals surface area contributed by atoms with Gasteiger partial charge in [0.2, 0.25) is 0 Å². The monoisotopic (exact) mass is 285 g/mol. The van der Waals surface area contributed by atoms with Gasteiger partial charge in [0.25, 0.3) is 0 Å². The van der Waals surface area contributed by atoms with Crippen molar-refractivity contribution in [3.63, 3.8) is 0 Å².